The number of allylic oxidation sites excluding steroid dienone is 1. The van der Waals surface area contributed by atoms with E-state index < -0.39 is 29.7 Å². The van der Waals surface area contributed by atoms with Crippen molar-refractivity contribution in [1.29, 1.82) is 0 Å². The third-order valence-corrected chi connectivity index (χ3v) is 4.05. The number of carbonyl (C=O) groups excluding carboxylic acids is 4. The molecule has 8 nitrogen and oxygen atoms in total. The molecule has 27 heavy (non-hydrogen) atoms. The van der Waals surface area contributed by atoms with Gasteiger partial charge in [0.2, 0.25) is 11.8 Å². The summed E-state index contributed by atoms with van der Waals surface area (Å²) in [5.41, 5.74) is 6.52. The Hall–Kier alpha value is -3.16. The first kappa shape index (κ1) is 20.2. The van der Waals surface area contributed by atoms with Crippen molar-refractivity contribution in [1.82, 2.24) is 0 Å². The van der Waals surface area contributed by atoms with E-state index in [4.69, 9.17) is 15.2 Å². The second-order valence-corrected chi connectivity index (χ2v) is 5.91. The number of imide groups is 1. The standard InChI is InChI=1S/C19H22N2O6/c1-4-26-18(24)12-6-8-13(9-7-12)21-15(22)10-14(17(21)23)16(11(3)20)19(25)27-5-2/h6-9,14H,4-5,10,20H2,1-3H3. The number of nitrogens with zero attached hydrogens (tertiary/aromatic N) is 1. The molecule has 2 amide bonds. The number of esters is 2. The summed E-state index contributed by atoms with van der Waals surface area (Å²) in [5, 5.41) is 0. The number of ether oxygens (including phenoxy) is 2. The summed E-state index contributed by atoms with van der Waals surface area (Å²) in [7, 11) is 0. The highest BCUT2D eigenvalue weighted by Crippen LogP contribution is 2.32. The zero-order valence-corrected chi connectivity index (χ0v) is 15.5. The van der Waals surface area contributed by atoms with Crippen molar-refractivity contribution >= 4 is 29.4 Å². The van der Waals surface area contributed by atoms with Crippen LogP contribution in [0.5, 0.6) is 0 Å². The molecule has 1 aliphatic heterocycles. The molecule has 0 aromatic heterocycles. The Morgan fingerprint density at radius 3 is 2.22 bits per heavy atom. The molecule has 144 valence electrons. The van der Waals surface area contributed by atoms with E-state index in [0.717, 1.165) is 4.90 Å². The van der Waals surface area contributed by atoms with Gasteiger partial charge in [0.1, 0.15) is 0 Å². The van der Waals surface area contributed by atoms with E-state index in [1.165, 1.54) is 31.2 Å². The summed E-state index contributed by atoms with van der Waals surface area (Å²) in [6.45, 7) is 5.19. The van der Waals surface area contributed by atoms with E-state index >= 15 is 0 Å². The van der Waals surface area contributed by atoms with Crippen molar-refractivity contribution < 1.29 is 28.7 Å². The summed E-state index contributed by atoms with van der Waals surface area (Å²) >= 11 is 0. The monoisotopic (exact) mass is 374 g/mol. The molecule has 0 saturated carbocycles. The van der Waals surface area contributed by atoms with Crippen LogP contribution in [-0.4, -0.2) is 37.0 Å². The molecule has 2 N–H and O–H groups in total. The van der Waals surface area contributed by atoms with Crippen LogP contribution in [0.3, 0.4) is 0 Å². The van der Waals surface area contributed by atoms with Gasteiger partial charge in [-0.15, -0.1) is 0 Å². The van der Waals surface area contributed by atoms with Gasteiger partial charge in [-0.3, -0.25) is 14.5 Å². The molecule has 1 aromatic rings. The van der Waals surface area contributed by atoms with E-state index in [9.17, 15) is 19.2 Å². The fourth-order valence-electron chi connectivity index (χ4n) is 2.88. The molecule has 2 rings (SSSR count). The normalized spacial score (nSPS) is 17.6. The highest BCUT2D eigenvalue weighted by atomic mass is 16.5. The van der Waals surface area contributed by atoms with Crippen LogP contribution in [0.4, 0.5) is 5.69 Å². The lowest BCUT2D eigenvalue weighted by atomic mass is 9.95. The van der Waals surface area contributed by atoms with Gasteiger partial charge in [0, 0.05) is 12.1 Å². The van der Waals surface area contributed by atoms with Gasteiger partial charge in [-0.1, -0.05) is 0 Å². The van der Waals surface area contributed by atoms with Gasteiger partial charge in [0.05, 0.1) is 36.0 Å². The Labute approximate surface area is 156 Å². The molecule has 1 fully saturated rings. The van der Waals surface area contributed by atoms with E-state index in [2.05, 4.69) is 0 Å². The maximum atomic E-state index is 12.8. The van der Waals surface area contributed by atoms with Crippen molar-refractivity contribution in [3.05, 3.63) is 41.1 Å². The summed E-state index contributed by atoms with van der Waals surface area (Å²) in [6, 6.07) is 5.90. The number of carbonyl (C=O) groups is 4. The first-order chi connectivity index (χ1) is 12.8. The van der Waals surface area contributed by atoms with Gasteiger partial charge >= 0.3 is 11.9 Å². The third kappa shape index (κ3) is 4.16. The minimum Gasteiger partial charge on any atom is -0.463 e. The molecule has 1 atom stereocenters. The zero-order valence-electron chi connectivity index (χ0n) is 15.5. The van der Waals surface area contributed by atoms with E-state index in [1.807, 2.05) is 0 Å². The molecule has 8 heteroatoms. The van der Waals surface area contributed by atoms with E-state index in [1.54, 1.807) is 13.8 Å². The summed E-state index contributed by atoms with van der Waals surface area (Å²) < 4.78 is 9.86. The minimum absolute atomic E-state index is 0.000781. The molecule has 1 heterocycles. The second-order valence-electron chi connectivity index (χ2n) is 5.91. The molecule has 0 aliphatic carbocycles. The SMILES string of the molecule is CCOC(=O)C(=C(C)N)C1CC(=O)N(c2ccc(C(=O)OCC)cc2)C1=O. The predicted molar refractivity (Wildman–Crippen MR) is 96.5 cm³/mol. The maximum Gasteiger partial charge on any atom is 0.338 e. The smallest absolute Gasteiger partial charge is 0.338 e. The number of nitrogens with two attached hydrogens (primary N) is 1. The lowest BCUT2D eigenvalue weighted by molar-refractivity contribution is -0.140. The van der Waals surface area contributed by atoms with E-state index in [-0.39, 0.29) is 30.9 Å². The first-order valence-electron chi connectivity index (χ1n) is 8.59. The topological polar surface area (TPSA) is 116 Å². The fourth-order valence-corrected chi connectivity index (χ4v) is 2.88. The molecule has 0 bridgehead atoms. The summed E-state index contributed by atoms with van der Waals surface area (Å²) in [4.78, 5) is 50.1. The van der Waals surface area contributed by atoms with Gasteiger partial charge < -0.3 is 15.2 Å². The van der Waals surface area contributed by atoms with Crippen molar-refractivity contribution in [3.63, 3.8) is 0 Å². The second kappa shape index (κ2) is 8.48. The minimum atomic E-state index is -0.994. The number of amides is 2. The van der Waals surface area contributed by atoms with Crippen molar-refractivity contribution in [2.75, 3.05) is 18.1 Å². The molecule has 1 aliphatic rings. The molecule has 1 aromatic carbocycles. The highest BCUT2D eigenvalue weighted by molar-refractivity contribution is 6.23. The largest absolute Gasteiger partial charge is 0.463 e. The Morgan fingerprint density at radius 1 is 1.11 bits per heavy atom. The van der Waals surface area contributed by atoms with Crippen LogP contribution in [0.25, 0.3) is 0 Å². The van der Waals surface area contributed by atoms with Crippen LogP contribution in [0.2, 0.25) is 0 Å². The van der Waals surface area contributed by atoms with Gasteiger partial charge in [-0.2, -0.15) is 0 Å². The quantitative estimate of drug-likeness (QED) is 0.456. The average Bonchev–Trinajstić information content (AvgIpc) is 2.89. The van der Waals surface area contributed by atoms with Crippen molar-refractivity contribution in [3.8, 4) is 0 Å². The van der Waals surface area contributed by atoms with Crippen molar-refractivity contribution in [2.24, 2.45) is 11.7 Å². The van der Waals surface area contributed by atoms with Gasteiger partial charge in [0.25, 0.3) is 0 Å². The lowest BCUT2D eigenvalue weighted by Crippen LogP contribution is -2.32. The molecule has 1 saturated heterocycles. The van der Waals surface area contributed by atoms with Crippen LogP contribution in [0, 0.1) is 5.92 Å². The Bertz CT molecular complexity index is 793. The number of benzene rings is 1. The van der Waals surface area contributed by atoms with Gasteiger partial charge in [-0.05, 0) is 45.0 Å². The number of rotatable bonds is 6. The van der Waals surface area contributed by atoms with Crippen LogP contribution >= 0.6 is 0 Å². The van der Waals surface area contributed by atoms with Crippen LogP contribution in [-0.2, 0) is 23.9 Å². The Morgan fingerprint density at radius 2 is 1.70 bits per heavy atom. The third-order valence-electron chi connectivity index (χ3n) is 4.05. The zero-order chi connectivity index (χ0) is 20.1. The van der Waals surface area contributed by atoms with Crippen LogP contribution in [0.15, 0.2) is 35.5 Å². The molecule has 1 unspecified atom stereocenters. The Balaban J connectivity index is 2.29. The molecule has 0 radical (unpaired) electrons. The summed E-state index contributed by atoms with van der Waals surface area (Å²) in [6.07, 6.45) is -0.179. The van der Waals surface area contributed by atoms with E-state index in [0.29, 0.717) is 11.3 Å². The maximum absolute atomic E-state index is 12.8. The molecular formula is C19H22N2O6. The summed E-state index contributed by atoms with van der Waals surface area (Å²) in [5.74, 6) is -3.21. The number of anilines is 1. The lowest BCUT2D eigenvalue weighted by Gasteiger charge is -2.17. The predicted octanol–water partition coefficient (Wildman–Crippen LogP) is 1.54. The van der Waals surface area contributed by atoms with Crippen LogP contribution in [0.1, 0.15) is 37.6 Å². The Kier molecular flexibility index (Phi) is 6.33. The van der Waals surface area contributed by atoms with Gasteiger partial charge in [0.15, 0.2) is 0 Å². The highest BCUT2D eigenvalue weighted by Gasteiger charge is 2.44. The molecular weight excluding hydrogens is 352 g/mol. The first-order valence-corrected chi connectivity index (χ1v) is 8.59. The number of hydrogen-bond acceptors (Lipinski definition) is 7. The average molecular weight is 374 g/mol. The van der Waals surface area contributed by atoms with Gasteiger partial charge in [-0.25, -0.2) is 9.59 Å². The molecule has 0 spiro atoms. The fraction of sp³-hybridized carbons (Fsp3) is 0.368. The van der Waals surface area contributed by atoms with Crippen molar-refractivity contribution in [2.45, 2.75) is 27.2 Å². The number of hydrogen-bond donors (Lipinski definition) is 1. The van der Waals surface area contributed by atoms with Crippen LogP contribution < -0.4 is 10.6 Å².